The van der Waals surface area contributed by atoms with Gasteiger partial charge in [-0.3, -0.25) is 9.78 Å². The molecular formula is C25H21F3N2O2. The Hall–Kier alpha value is -3.61. The second-order valence-corrected chi connectivity index (χ2v) is 7.55. The molecule has 0 radical (unpaired) electrons. The summed E-state index contributed by atoms with van der Waals surface area (Å²) >= 11 is 0. The first-order chi connectivity index (χ1) is 15.4. The van der Waals surface area contributed by atoms with Crippen LogP contribution in [0.5, 0.6) is 5.75 Å². The van der Waals surface area contributed by atoms with Crippen LogP contribution in [0.2, 0.25) is 0 Å². The van der Waals surface area contributed by atoms with Gasteiger partial charge in [0, 0.05) is 29.7 Å². The van der Waals surface area contributed by atoms with E-state index in [1.807, 2.05) is 36.4 Å². The largest absolute Gasteiger partial charge is 0.493 e. The second-order valence-electron chi connectivity index (χ2n) is 7.55. The number of nitrogens with one attached hydrogen (secondary N) is 1. The van der Waals surface area contributed by atoms with Crippen LogP contribution in [-0.2, 0) is 17.4 Å². The average molecular weight is 438 g/mol. The number of hydrogen-bond donors (Lipinski definition) is 1. The van der Waals surface area contributed by atoms with Crippen molar-refractivity contribution in [2.75, 3.05) is 11.9 Å². The third-order valence-electron chi connectivity index (χ3n) is 5.19. The molecule has 32 heavy (non-hydrogen) atoms. The lowest BCUT2D eigenvalue weighted by atomic mass is 9.99. The fraction of sp³-hybridized carbons (Fsp3) is 0.200. The molecule has 1 aromatic heterocycles. The number of carbonyl (C=O) groups is 1. The van der Waals surface area contributed by atoms with Gasteiger partial charge in [-0.25, -0.2) is 0 Å². The molecule has 1 N–H and O–H groups in total. The highest BCUT2D eigenvalue weighted by Crippen LogP contribution is 2.38. The number of allylic oxidation sites excluding steroid dienone is 1. The number of halogens is 3. The third kappa shape index (κ3) is 5.35. The molecule has 1 aliphatic rings. The van der Waals surface area contributed by atoms with Crippen molar-refractivity contribution in [1.29, 1.82) is 0 Å². The van der Waals surface area contributed by atoms with Crippen LogP contribution in [0.15, 0.2) is 73.1 Å². The smallest absolute Gasteiger partial charge is 0.416 e. The SMILES string of the molecule is O=C(C=C1CCCOc2cc(C(F)(F)F)ccc21)Nc1ccc(Cc2ccncc2)cc1. The molecule has 1 aliphatic heterocycles. The van der Waals surface area contributed by atoms with Gasteiger partial charge in [0.05, 0.1) is 12.2 Å². The van der Waals surface area contributed by atoms with Gasteiger partial charge in [0.25, 0.3) is 0 Å². The monoisotopic (exact) mass is 438 g/mol. The van der Waals surface area contributed by atoms with Gasteiger partial charge in [-0.05, 0) is 72.4 Å². The number of benzene rings is 2. The quantitative estimate of drug-likeness (QED) is 0.517. The van der Waals surface area contributed by atoms with Crippen molar-refractivity contribution < 1.29 is 22.7 Å². The minimum Gasteiger partial charge on any atom is -0.493 e. The Bertz CT molecular complexity index is 1120. The molecule has 1 amide bonds. The van der Waals surface area contributed by atoms with E-state index in [2.05, 4.69) is 10.3 Å². The number of aromatic nitrogens is 1. The van der Waals surface area contributed by atoms with E-state index < -0.39 is 11.7 Å². The zero-order chi connectivity index (χ0) is 22.6. The maximum absolute atomic E-state index is 13.0. The highest BCUT2D eigenvalue weighted by atomic mass is 19.4. The first kappa shape index (κ1) is 21.6. The standard InChI is InChI=1S/C25H21F3N2O2/c26-25(27,28)20-5-8-22-19(2-1-13-32-23(22)16-20)15-24(31)30-21-6-3-17(4-7-21)14-18-9-11-29-12-10-18/h3-12,15-16H,1-2,13-14H2,(H,30,31). The van der Waals surface area contributed by atoms with Crippen molar-refractivity contribution in [3.63, 3.8) is 0 Å². The maximum atomic E-state index is 13.0. The summed E-state index contributed by atoms with van der Waals surface area (Å²) in [5.74, 6) is -0.188. The molecule has 0 aliphatic carbocycles. The zero-order valence-corrected chi connectivity index (χ0v) is 17.2. The number of hydrogen-bond acceptors (Lipinski definition) is 3. The number of ether oxygens (including phenoxy) is 1. The maximum Gasteiger partial charge on any atom is 0.416 e. The molecule has 0 saturated heterocycles. The van der Waals surface area contributed by atoms with E-state index >= 15 is 0 Å². The second kappa shape index (κ2) is 9.26. The first-order valence-electron chi connectivity index (χ1n) is 10.2. The Morgan fingerprint density at radius 1 is 1.03 bits per heavy atom. The molecular weight excluding hydrogens is 417 g/mol. The summed E-state index contributed by atoms with van der Waals surface area (Å²) in [5, 5.41) is 2.82. The number of pyridine rings is 1. The van der Waals surface area contributed by atoms with Gasteiger partial charge < -0.3 is 10.1 Å². The van der Waals surface area contributed by atoms with E-state index in [1.54, 1.807) is 12.4 Å². The molecule has 2 aromatic carbocycles. The van der Waals surface area contributed by atoms with Crippen molar-refractivity contribution >= 4 is 17.2 Å². The Balaban J connectivity index is 1.48. The number of rotatable bonds is 4. The molecule has 0 atom stereocenters. The zero-order valence-electron chi connectivity index (χ0n) is 17.2. The molecule has 2 heterocycles. The minimum absolute atomic E-state index is 0.150. The number of fused-ring (bicyclic) bond motifs is 1. The van der Waals surface area contributed by atoms with Gasteiger partial charge in [0.15, 0.2) is 0 Å². The van der Waals surface area contributed by atoms with Crippen LogP contribution < -0.4 is 10.1 Å². The van der Waals surface area contributed by atoms with Crippen molar-refractivity contribution in [3.05, 3.63) is 95.3 Å². The summed E-state index contributed by atoms with van der Waals surface area (Å²) in [7, 11) is 0. The van der Waals surface area contributed by atoms with E-state index in [9.17, 15) is 18.0 Å². The average Bonchev–Trinajstić information content (AvgIpc) is 2.97. The van der Waals surface area contributed by atoms with Crippen molar-refractivity contribution in [2.24, 2.45) is 0 Å². The van der Waals surface area contributed by atoms with Crippen molar-refractivity contribution in [3.8, 4) is 5.75 Å². The first-order valence-corrected chi connectivity index (χ1v) is 10.2. The van der Waals surface area contributed by atoms with E-state index in [0.717, 1.165) is 29.7 Å². The van der Waals surface area contributed by atoms with Crippen LogP contribution in [0.25, 0.3) is 5.57 Å². The number of alkyl halides is 3. The van der Waals surface area contributed by atoms with Crippen LogP contribution in [0, 0.1) is 0 Å². The van der Waals surface area contributed by atoms with Crippen LogP contribution in [-0.4, -0.2) is 17.5 Å². The topological polar surface area (TPSA) is 51.2 Å². The van der Waals surface area contributed by atoms with E-state index in [-0.39, 0.29) is 11.7 Å². The summed E-state index contributed by atoms with van der Waals surface area (Å²) in [6, 6.07) is 14.8. The van der Waals surface area contributed by atoms with Crippen LogP contribution in [0.4, 0.5) is 18.9 Å². The summed E-state index contributed by atoms with van der Waals surface area (Å²) in [6.45, 7) is 0.298. The van der Waals surface area contributed by atoms with Crippen LogP contribution in [0.3, 0.4) is 0 Å². The Morgan fingerprint density at radius 3 is 2.47 bits per heavy atom. The van der Waals surface area contributed by atoms with Crippen molar-refractivity contribution in [1.82, 2.24) is 4.98 Å². The lowest BCUT2D eigenvalue weighted by Gasteiger charge is -2.13. The predicted molar refractivity (Wildman–Crippen MR) is 116 cm³/mol. The normalized spacial score (nSPS) is 14.9. The molecule has 0 fully saturated rings. The van der Waals surface area contributed by atoms with Gasteiger partial charge in [0.1, 0.15) is 5.75 Å². The lowest BCUT2D eigenvalue weighted by Crippen LogP contribution is -2.09. The Morgan fingerprint density at radius 2 is 1.75 bits per heavy atom. The third-order valence-corrected chi connectivity index (χ3v) is 5.19. The van der Waals surface area contributed by atoms with Gasteiger partial charge in [-0.1, -0.05) is 18.2 Å². The molecule has 7 heteroatoms. The van der Waals surface area contributed by atoms with Crippen LogP contribution in [0.1, 0.15) is 35.1 Å². The highest BCUT2D eigenvalue weighted by Gasteiger charge is 2.32. The van der Waals surface area contributed by atoms with Gasteiger partial charge >= 0.3 is 6.18 Å². The number of carbonyl (C=O) groups excluding carboxylic acids is 1. The van der Waals surface area contributed by atoms with E-state index in [4.69, 9.17) is 4.74 Å². The molecule has 0 unspecified atom stereocenters. The summed E-state index contributed by atoms with van der Waals surface area (Å²) in [6.07, 6.45) is 2.39. The highest BCUT2D eigenvalue weighted by molar-refractivity contribution is 6.04. The molecule has 4 nitrogen and oxygen atoms in total. The van der Waals surface area contributed by atoms with Crippen molar-refractivity contribution in [2.45, 2.75) is 25.4 Å². The number of amides is 1. The predicted octanol–water partition coefficient (Wildman–Crippen LogP) is 5.89. The minimum atomic E-state index is -4.45. The molecule has 0 spiro atoms. The molecule has 164 valence electrons. The fourth-order valence-corrected chi connectivity index (χ4v) is 3.59. The lowest BCUT2D eigenvalue weighted by molar-refractivity contribution is -0.137. The van der Waals surface area contributed by atoms with Gasteiger partial charge in [-0.15, -0.1) is 0 Å². The summed E-state index contributed by atoms with van der Waals surface area (Å²) in [4.78, 5) is 16.6. The Labute approximate surface area is 183 Å². The molecule has 4 rings (SSSR count). The Kier molecular flexibility index (Phi) is 6.25. The number of anilines is 1. The summed E-state index contributed by atoms with van der Waals surface area (Å²) in [5.41, 5.74) is 3.28. The molecule has 0 saturated carbocycles. The summed E-state index contributed by atoms with van der Waals surface area (Å²) < 4.78 is 44.6. The number of nitrogens with zero attached hydrogens (tertiary/aromatic N) is 1. The van der Waals surface area contributed by atoms with Gasteiger partial charge in [0.2, 0.25) is 5.91 Å². The van der Waals surface area contributed by atoms with E-state index in [0.29, 0.717) is 36.3 Å². The molecule has 0 bridgehead atoms. The van der Waals surface area contributed by atoms with E-state index in [1.165, 1.54) is 12.1 Å². The fourth-order valence-electron chi connectivity index (χ4n) is 3.59. The molecule has 3 aromatic rings. The van der Waals surface area contributed by atoms with Gasteiger partial charge in [-0.2, -0.15) is 13.2 Å². The van der Waals surface area contributed by atoms with Crippen LogP contribution >= 0.6 is 0 Å².